The molecule has 2 rings (SSSR count). The van der Waals surface area contributed by atoms with E-state index in [1.54, 1.807) is 6.08 Å². The largest absolute Gasteiger partial charge is 0.494 e. The van der Waals surface area contributed by atoms with Crippen molar-refractivity contribution in [3.8, 4) is 5.75 Å². The number of unbranched alkanes of at least 4 members (excludes halogenated alkanes) is 1. The Kier molecular flexibility index (Phi) is 7.18. The van der Waals surface area contributed by atoms with Gasteiger partial charge in [0.15, 0.2) is 0 Å². The molecule has 0 aromatic heterocycles. The van der Waals surface area contributed by atoms with E-state index in [4.69, 9.17) is 9.84 Å². The van der Waals surface area contributed by atoms with Gasteiger partial charge in [0, 0.05) is 6.08 Å². The van der Waals surface area contributed by atoms with Crippen LogP contribution in [-0.2, 0) is 4.79 Å². The van der Waals surface area contributed by atoms with Crippen LogP contribution in [0.3, 0.4) is 0 Å². The quantitative estimate of drug-likeness (QED) is 0.531. The molecule has 0 heterocycles. The van der Waals surface area contributed by atoms with Crippen molar-refractivity contribution in [2.24, 2.45) is 5.92 Å². The smallest absolute Gasteiger partial charge is 0.327 e. The molecule has 0 unspecified atom stereocenters. The zero-order chi connectivity index (χ0) is 16.5. The molecule has 1 saturated carbocycles. The Morgan fingerprint density at radius 2 is 1.91 bits per heavy atom. The van der Waals surface area contributed by atoms with Gasteiger partial charge in [0.25, 0.3) is 0 Å². The van der Waals surface area contributed by atoms with Crippen molar-refractivity contribution in [3.05, 3.63) is 42.0 Å². The highest BCUT2D eigenvalue weighted by molar-refractivity contribution is 5.79. The molecular weight excluding hydrogens is 288 g/mol. The number of rotatable bonds is 8. The van der Waals surface area contributed by atoms with Gasteiger partial charge in [0.1, 0.15) is 5.75 Å². The number of benzene rings is 1. The molecule has 0 spiro atoms. The first kappa shape index (κ1) is 17.6. The SMILES string of the molecule is CCCCOc1ccc([C@H]2CC[C@H](C/C=C/C(=O)O)CC2)cc1. The molecule has 0 bridgehead atoms. The lowest BCUT2D eigenvalue weighted by Gasteiger charge is -2.28. The van der Waals surface area contributed by atoms with Gasteiger partial charge in [-0.3, -0.25) is 0 Å². The number of hydrogen-bond donors (Lipinski definition) is 1. The monoisotopic (exact) mass is 316 g/mol. The van der Waals surface area contributed by atoms with E-state index in [9.17, 15) is 4.79 Å². The number of allylic oxidation sites excluding steroid dienone is 1. The lowest BCUT2D eigenvalue weighted by Crippen LogP contribution is -2.13. The molecule has 0 saturated heterocycles. The van der Waals surface area contributed by atoms with Crippen LogP contribution in [-0.4, -0.2) is 17.7 Å². The van der Waals surface area contributed by atoms with Crippen LogP contribution in [0.1, 0.15) is 63.4 Å². The second-order valence-electron chi connectivity index (χ2n) is 6.47. The second-order valence-corrected chi connectivity index (χ2v) is 6.47. The van der Waals surface area contributed by atoms with Crippen molar-refractivity contribution >= 4 is 5.97 Å². The van der Waals surface area contributed by atoms with E-state index in [1.165, 1.54) is 37.3 Å². The van der Waals surface area contributed by atoms with Crippen molar-refractivity contribution in [2.75, 3.05) is 6.61 Å². The van der Waals surface area contributed by atoms with Crippen LogP contribution in [0.5, 0.6) is 5.75 Å². The standard InChI is InChI=1S/C20H28O3/c1-2-3-15-23-19-13-11-18(12-14-19)17-9-7-16(8-10-17)5-4-6-20(21)22/h4,6,11-14,16-17H,2-3,5,7-10,15H2,1H3,(H,21,22)/b6-4+/t16-,17-. The van der Waals surface area contributed by atoms with Gasteiger partial charge in [-0.1, -0.05) is 31.6 Å². The topological polar surface area (TPSA) is 46.5 Å². The molecule has 0 radical (unpaired) electrons. The molecule has 1 aliphatic carbocycles. The average molecular weight is 316 g/mol. The molecule has 1 aromatic rings. The molecule has 0 amide bonds. The van der Waals surface area contributed by atoms with E-state index >= 15 is 0 Å². The molecule has 126 valence electrons. The third-order valence-corrected chi connectivity index (χ3v) is 4.69. The lowest BCUT2D eigenvalue weighted by atomic mass is 9.77. The number of carbonyl (C=O) groups is 1. The molecule has 1 aromatic carbocycles. The molecule has 1 fully saturated rings. The molecule has 0 atom stereocenters. The molecular formula is C20H28O3. The molecule has 23 heavy (non-hydrogen) atoms. The summed E-state index contributed by atoms with van der Waals surface area (Å²) in [6.07, 6.45) is 11.0. The Hall–Kier alpha value is -1.77. The van der Waals surface area contributed by atoms with Crippen molar-refractivity contribution in [3.63, 3.8) is 0 Å². The van der Waals surface area contributed by atoms with Crippen molar-refractivity contribution in [2.45, 2.75) is 57.8 Å². The highest BCUT2D eigenvalue weighted by atomic mass is 16.5. The molecule has 3 heteroatoms. The van der Waals surface area contributed by atoms with Crippen LogP contribution in [0.25, 0.3) is 0 Å². The summed E-state index contributed by atoms with van der Waals surface area (Å²) < 4.78 is 5.71. The summed E-state index contributed by atoms with van der Waals surface area (Å²) in [7, 11) is 0. The van der Waals surface area contributed by atoms with Gasteiger partial charge in [0.05, 0.1) is 6.61 Å². The van der Waals surface area contributed by atoms with E-state index < -0.39 is 5.97 Å². The summed E-state index contributed by atoms with van der Waals surface area (Å²) in [6, 6.07) is 8.59. The van der Waals surface area contributed by atoms with Crippen molar-refractivity contribution in [1.82, 2.24) is 0 Å². The fourth-order valence-electron chi connectivity index (χ4n) is 3.26. The maximum atomic E-state index is 10.5. The summed E-state index contributed by atoms with van der Waals surface area (Å²) in [5, 5.41) is 8.63. The Morgan fingerprint density at radius 3 is 2.52 bits per heavy atom. The van der Waals surface area contributed by atoms with E-state index in [1.807, 2.05) is 0 Å². The van der Waals surface area contributed by atoms with Gasteiger partial charge >= 0.3 is 5.97 Å². The van der Waals surface area contributed by atoms with E-state index in [2.05, 4.69) is 31.2 Å². The Balaban J connectivity index is 1.77. The zero-order valence-corrected chi connectivity index (χ0v) is 14.0. The summed E-state index contributed by atoms with van der Waals surface area (Å²) in [4.78, 5) is 10.5. The maximum absolute atomic E-state index is 10.5. The molecule has 1 N–H and O–H groups in total. The Labute approximate surface area is 139 Å². The van der Waals surface area contributed by atoms with E-state index in [-0.39, 0.29) is 0 Å². The van der Waals surface area contributed by atoms with Crippen LogP contribution in [0.4, 0.5) is 0 Å². The minimum atomic E-state index is -0.847. The molecule has 3 nitrogen and oxygen atoms in total. The fraction of sp³-hybridized carbons (Fsp3) is 0.550. The summed E-state index contributed by atoms with van der Waals surface area (Å²) in [5.74, 6) is 1.40. The van der Waals surface area contributed by atoms with E-state index in [0.717, 1.165) is 31.6 Å². The highest BCUT2D eigenvalue weighted by Gasteiger charge is 2.21. The summed E-state index contributed by atoms with van der Waals surface area (Å²) in [5.41, 5.74) is 1.41. The number of ether oxygens (including phenoxy) is 1. The van der Waals surface area contributed by atoms with Gasteiger partial charge in [-0.05, 0) is 68.1 Å². The van der Waals surface area contributed by atoms with Gasteiger partial charge < -0.3 is 9.84 Å². The Morgan fingerprint density at radius 1 is 1.22 bits per heavy atom. The average Bonchev–Trinajstić information content (AvgIpc) is 2.56. The first-order valence-electron chi connectivity index (χ1n) is 8.81. The van der Waals surface area contributed by atoms with Crippen LogP contribution in [0, 0.1) is 5.92 Å². The fourth-order valence-corrected chi connectivity index (χ4v) is 3.26. The number of hydrogen-bond acceptors (Lipinski definition) is 2. The minimum absolute atomic E-state index is 0.638. The van der Waals surface area contributed by atoms with Crippen LogP contribution < -0.4 is 4.74 Å². The summed E-state index contributed by atoms with van der Waals surface area (Å²) in [6.45, 7) is 2.96. The molecule has 1 aliphatic rings. The van der Waals surface area contributed by atoms with Gasteiger partial charge in [-0.2, -0.15) is 0 Å². The Bertz CT molecular complexity index is 496. The lowest BCUT2D eigenvalue weighted by molar-refractivity contribution is -0.131. The van der Waals surface area contributed by atoms with Gasteiger partial charge in [-0.25, -0.2) is 4.79 Å². The zero-order valence-electron chi connectivity index (χ0n) is 14.0. The van der Waals surface area contributed by atoms with Gasteiger partial charge in [-0.15, -0.1) is 0 Å². The normalized spacial score (nSPS) is 21.4. The highest BCUT2D eigenvalue weighted by Crippen LogP contribution is 2.37. The first-order valence-corrected chi connectivity index (χ1v) is 8.81. The third kappa shape index (κ3) is 6.09. The number of aliphatic carboxylic acids is 1. The molecule has 0 aliphatic heterocycles. The van der Waals surface area contributed by atoms with Gasteiger partial charge in [0.2, 0.25) is 0 Å². The second kappa shape index (κ2) is 9.39. The predicted octanol–water partition coefficient (Wildman–Crippen LogP) is 5.17. The van der Waals surface area contributed by atoms with E-state index in [0.29, 0.717) is 11.8 Å². The van der Waals surface area contributed by atoms with Crippen molar-refractivity contribution in [1.29, 1.82) is 0 Å². The number of carboxylic acid groups (broad SMARTS) is 1. The minimum Gasteiger partial charge on any atom is -0.494 e. The summed E-state index contributed by atoms with van der Waals surface area (Å²) >= 11 is 0. The first-order chi connectivity index (χ1) is 11.2. The third-order valence-electron chi connectivity index (χ3n) is 4.69. The van der Waals surface area contributed by atoms with Crippen molar-refractivity contribution < 1.29 is 14.6 Å². The van der Waals surface area contributed by atoms with Crippen LogP contribution in [0.15, 0.2) is 36.4 Å². The number of carboxylic acids is 1. The van der Waals surface area contributed by atoms with Crippen LogP contribution in [0.2, 0.25) is 0 Å². The van der Waals surface area contributed by atoms with Crippen LogP contribution >= 0.6 is 0 Å². The maximum Gasteiger partial charge on any atom is 0.327 e. The predicted molar refractivity (Wildman–Crippen MR) is 92.9 cm³/mol.